The lowest BCUT2D eigenvalue weighted by Gasteiger charge is -2.09. The number of ether oxygens (including phenoxy) is 1. The van der Waals surface area contributed by atoms with E-state index in [-0.39, 0.29) is 11.6 Å². The van der Waals surface area contributed by atoms with Crippen molar-refractivity contribution in [2.24, 2.45) is 0 Å². The summed E-state index contributed by atoms with van der Waals surface area (Å²) in [7, 11) is 1.61. The lowest BCUT2D eigenvalue weighted by Crippen LogP contribution is -2.11. The number of pyridine rings is 1. The molecule has 1 amide bonds. The van der Waals surface area contributed by atoms with Gasteiger partial charge in [0.1, 0.15) is 5.75 Å². The first-order chi connectivity index (χ1) is 12.8. The van der Waals surface area contributed by atoms with Crippen LogP contribution in [0.3, 0.4) is 0 Å². The van der Waals surface area contributed by atoms with Gasteiger partial charge in [-0.05, 0) is 23.6 Å². The number of rotatable bonds is 4. The molecule has 0 aliphatic carbocycles. The number of hydrogen-bond donors (Lipinski definition) is 1. The summed E-state index contributed by atoms with van der Waals surface area (Å²) >= 11 is 0. The maximum atomic E-state index is 12.3. The van der Waals surface area contributed by atoms with E-state index in [9.17, 15) is 4.79 Å². The maximum absolute atomic E-state index is 12.3. The van der Waals surface area contributed by atoms with E-state index < -0.39 is 0 Å². The summed E-state index contributed by atoms with van der Waals surface area (Å²) in [6.45, 7) is 0. The van der Waals surface area contributed by atoms with E-state index in [1.807, 2.05) is 36.4 Å². The molecule has 4 aromatic rings. The molecule has 0 saturated heterocycles. The number of nitrogens with one attached hydrogen (secondary N) is 1. The number of nitrogens with zero attached hydrogens (tertiary/aromatic N) is 2. The highest BCUT2D eigenvalue weighted by Gasteiger charge is 2.18. The largest absolute Gasteiger partial charge is 0.495 e. The predicted octanol–water partition coefficient (Wildman–Crippen LogP) is 4.15. The summed E-state index contributed by atoms with van der Waals surface area (Å²) in [5, 5.41) is 8.66. The van der Waals surface area contributed by atoms with Crippen LogP contribution in [0.1, 0.15) is 10.5 Å². The summed E-state index contributed by atoms with van der Waals surface area (Å²) in [5.74, 6) is 0.791. The van der Waals surface area contributed by atoms with Crippen LogP contribution in [0, 0.1) is 0 Å². The van der Waals surface area contributed by atoms with Crippen molar-refractivity contribution in [2.75, 3.05) is 12.4 Å². The Bertz CT molecular complexity index is 1070. The first-order valence-corrected chi connectivity index (χ1v) is 8.00. The quantitative estimate of drug-likeness (QED) is 0.601. The Balaban J connectivity index is 1.68. The Labute approximate surface area is 149 Å². The Morgan fingerprint density at radius 1 is 1.08 bits per heavy atom. The summed E-state index contributed by atoms with van der Waals surface area (Å²) in [6, 6.07) is 16.8. The number of hydrogen-bond acceptors (Lipinski definition) is 5. The molecule has 0 aliphatic heterocycles. The number of amides is 1. The lowest BCUT2D eigenvalue weighted by atomic mass is 10.0. The van der Waals surface area contributed by atoms with Gasteiger partial charge < -0.3 is 14.6 Å². The van der Waals surface area contributed by atoms with Gasteiger partial charge >= 0.3 is 0 Å². The van der Waals surface area contributed by atoms with E-state index in [0.29, 0.717) is 17.2 Å². The van der Waals surface area contributed by atoms with Crippen LogP contribution >= 0.6 is 0 Å². The van der Waals surface area contributed by atoms with Gasteiger partial charge in [-0.2, -0.15) is 0 Å². The van der Waals surface area contributed by atoms with E-state index in [0.717, 1.165) is 16.3 Å². The highest BCUT2D eigenvalue weighted by molar-refractivity contribution is 6.03. The molecule has 128 valence electrons. The Hall–Kier alpha value is -3.67. The molecule has 0 atom stereocenters. The Morgan fingerprint density at radius 3 is 2.69 bits per heavy atom. The molecular formula is C20H15N3O3. The van der Waals surface area contributed by atoms with Crippen LogP contribution in [0.15, 0.2) is 71.5 Å². The van der Waals surface area contributed by atoms with Crippen molar-refractivity contribution in [1.29, 1.82) is 0 Å². The lowest BCUT2D eigenvalue weighted by molar-refractivity contribution is 0.101. The van der Waals surface area contributed by atoms with Crippen molar-refractivity contribution in [3.63, 3.8) is 0 Å². The first-order valence-electron chi connectivity index (χ1n) is 8.00. The fraction of sp³-hybridized carbons (Fsp3) is 0.0500. The highest BCUT2D eigenvalue weighted by Crippen LogP contribution is 2.36. The molecule has 0 radical (unpaired) electrons. The third-order valence-electron chi connectivity index (χ3n) is 4.03. The van der Waals surface area contributed by atoms with Crippen molar-refractivity contribution in [3.8, 4) is 17.1 Å². The van der Waals surface area contributed by atoms with Gasteiger partial charge in [0.15, 0.2) is 11.5 Å². The molecule has 0 unspecified atom stereocenters. The number of fused-ring (bicyclic) bond motifs is 1. The first kappa shape index (κ1) is 15.8. The average molecular weight is 345 g/mol. The molecule has 0 aliphatic rings. The monoisotopic (exact) mass is 345 g/mol. The second-order valence-electron chi connectivity index (χ2n) is 5.63. The number of carbonyl (C=O) groups is 1. The van der Waals surface area contributed by atoms with Crippen LogP contribution in [-0.4, -0.2) is 23.2 Å². The van der Waals surface area contributed by atoms with Crippen molar-refractivity contribution in [3.05, 3.63) is 72.7 Å². The molecule has 0 spiro atoms. The summed E-state index contributed by atoms with van der Waals surface area (Å²) < 4.78 is 11.0. The number of methoxy groups -OCH3 is 1. The number of anilines is 1. The number of aromatic nitrogens is 2. The molecule has 2 aromatic heterocycles. The molecule has 6 heteroatoms. The van der Waals surface area contributed by atoms with E-state index in [2.05, 4.69) is 15.5 Å². The Kier molecular flexibility index (Phi) is 4.07. The van der Waals surface area contributed by atoms with Gasteiger partial charge in [-0.25, -0.2) is 0 Å². The standard InChI is InChI=1S/C20H15N3O3/c1-25-19-15-5-3-2-4-13(15)6-7-16(19)18-12-17(23-26-18)20(24)22-14-8-10-21-11-9-14/h2-12H,1H3,(H,21,22,24). The zero-order valence-electron chi connectivity index (χ0n) is 14.0. The van der Waals surface area contributed by atoms with E-state index in [1.165, 1.54) is 0 Å². The minimum atomic E-state index is -0.356. The minimum absolute atomic E-state index is 0.187. The minimum Gasteiger partial charge on any atom is -0.495 e. The molecule has 2 aromatic carbocycles. The predicted molar refractivity (Wildman–Crippen MR) is 98.2 cm³/mol. The van der Waals surface area contributed by atoms with Gasteiger partial charge in [-0.1, -0.05) is 35.5 Å². The van der Waals surface area contributed by atoms with E-state index in [4.69, 9.17) is 9.26 Å². The molecule has 0 fully saturated rings. The van der Waals surface area contributed by atoms with Crippen LogP contribution < -0.4 is 10.1 Å². The third kappa shape index (κ3) is 2.88. The molecule has 2 heterocycles. The van der Waals surface area contributed by atoms with E-state index in [1.54, 1.807) is 37.7 Å². The molecule has 6 nitrogen and oxygen atoms in total. The third-order valence-corrected chi connectivity index (χ3v) is 4.03. The van der Waals surface area contributed by atoms with Gasteiger partial charge in [-0.3, -0.25) is 9.78 Å². The van der Waals surface area contributed by atoms with E-state index >= 15 is 0 Å². The van der Waals surface area contributed by atoms with Gasteiger partial charge in [-0.15, -0.1) is 0 Å². The van der Waals surface area contributed by atoms with Crippen molar-refractivity contribution < 1.29 is 14.1 Å². The second kappa shape index (κ2) is 6.68. The molecule has 0 bridgehead atoms. The van der Waals surface area contributed by atoms with Crippen LogP contribution in [0.2, 0.25) is 0 Å². The number of carbonyl (C=O) groups excluding carboxylic acids is 1. The molecule has 1 N–H and O–H groups in total. The fourth-order valence-corrected chi connectivity index (χ4v) is 2.80. The maximum Gasteiger partial charge on any atom is 0.277 e. The Morgan fingerprint density at radius 2 is 1.88 bits per heavy atom. The molecule has 26 heavy (non-hydrogen) atoms. The second-order valence-corrected chi connectivity index (χ2v) is 5.63. The van der Waals surface area contributed by atoms with Crippen LogP contribution in [0.25, 0.3) is 22.1 Å². The summed E-state index contributed by atoms with van der Waals surface area (Å²) in [5.41, 5.74) is 1.56. The molecule has 4 rings (SSSR count). The van der Waals surface area contributed by atoms with Crippen LogP contribution in [0.4, 0.5) is 5.69 Å². The van der Waals surface area contributed by atoms with Crippen LogP contribution in [0.5, 0.6) is 5.75 Å². The van der Waals surface area contributed by atoms with Gasteiger partial charge in [0.2, 0.25) is 0 Å². The van der Waals surface area contributed by atoms with Crippen molar-refractivity contribution in [2.45, 2.75) is 0 Å². The SMILES string of the molecule is COc1c(-c2cc(C(=O)Nc3ccncc3)no2)ccc2ccccc12. The number of benzene rings is 2. The topological polar surface area (TPSA) is 77.2 Å². The average Bonchev–Trinajstić information content (AvgIpc) is 3.18. The molecular weight excluding hydrogens is 330 g/mol. The van der Waals surface area contributed by atoms with Gasteiger partial charge in [0, 0.05) is 29.5 Å². The van der Waals surface area contributed by atoms with Crippen LogP contribution in [-0.2, 0) is 0 Å². The normalized spacial score (nSPS) is 10.7. The van der Waals surface area contributed by atoms with Gasteiger partial charge in [0.05, 0.1) is 12.7 Å². The van der Waals surface area contributed by atoms with Gasteiger partial charge in [0.25, 0.3) is 5.91 Å². The zero-order valence-corrected chi connectivity index (χ0v) is 14.0. The van der Waals surface area contributed by atoms with Crippen molar-refractivity contribution in [1.82, 2.24) is 10.1 Å². The smallest absolute Gasteiger partial charge is 0.277 e. The summed E-state index contributed by atoms with van der Waals surface area (Å²) in [4.78, 5) is 16.3. The van der Waals surface area contributed by atoms with Crippen molar-refractivity contribution >= 4 is 22.4 Å². The molecule has 0 saturated carbocycles. The summed E-state index contributed by atoms with van der Waals surface area (Å²) in [6.07, 6.45) is 3.20. The fourth-order valence-electron chi connectivity index (χ4n) is 2.80. The highest BCUT2D eigenvalue weighted by atomic mass is 16.5. The zero-order chi connectivity index (χ0) is 17.9.